The number of anilines is 2. The van der Waals surface area contributed by atoms with E-state index in [4.69, 9.17) is 4.74 Å². The molecule has 0 unspecified atom stereocenters. The molecule has 0 aliphatic heterocycles. The van der Waals surface area contributed by atoms with Crippen LogP contribution < -0.4 is 5.32 Å². The molecule has 22 heavy (non-hydrogen) atoms. The van der Waals surface area contributed by atoms with E-state index < -0.39 is 5.97 Å². The first kappa shape index (κ1) is 15.9. The number of carbonyl (C=O) groups excluding carboxylic acids is 1. The van der Waals surface area contributed by atoms with Crippen molar-refractivity contribution < 1.29 is 14.6 Å². The molecule has 0 atom stereocenters. The predicted molar refractivity (Wildman–Crippen MR) is 87.9 cm³/mol. The zero-order valence-electron chi connectivity index (χ0n) is 13.1. The Morgan fingerprint density at radius 1 is 1.14 bits per heavy atom. The van der Waals surface area contributed by atoms with Crippen molar-refractivity contribution in [2.45, 2.75) is 26.7 Å². The minimum Gasteiger partial charge on any atom is -0.506 e. The second-order valence-electron chi connectivity index (χ2n) is 5.01. The average molecular weight is 299 g/mol. The van der Waals surface area contributed by atoms with Crippen molar-refractivity contribution in [3.8, 4) is 5.75 Å². The number of hydrogen-bond acceptors (Lipinski definition) is 4. The highest BCUT2D eigenvalue weighted by Gasteiger charge is 2.12. The third kappa shape index (κ3) is 3.22. The maximum absolute atomic E-state index is 11.6. The summed E-state index contributed by atoms with van der Waals surface area (Å²) >= 11 is 0. The van der Waals surface area contributed by atoms with E-state index in [0.29, 0.717) is 11.3 Å². The van der Waals surface area contributed by atoms with Crippen LogP contribution in [-0.4, -0.2) is 18.2 Å². The van der Waals surface area contributed by atoms with Crippen LogP contribution in [0.2, 0.25) is 0 Å². The summed E-state index contributed by atoms with van der Waals surface area (Å²) in [5.74, 6) is -0.330. The number of hydrogen-bond donors (Lipinski definition) is 2. The van der Waals surface area contributed by atoms with Gasteiger partial charge in [0.25, 0.3) is 0 Å². The molecule has 0 aliphatic rings. The van der Waals surface area contributed by atoms with Crippen LogP contribution >= 0.6 is 0 Å². The zero-order chi connectivity index (χ0) is 16.1. The number of para-hydroxylation sites is 1. The van der Waals surface area contributed by atoms with Crippen LogP contribution in [0.5, 0.6) is 5.75 Å². The van der Waals surface area contributed by atoms with E-state index in [2.05, 4.69) is 31.3 Å². The number of phenolic OH excluding ortho intramolecular Hbond substituents is 1. The van der Waals surface area contributed by atoms with Gasteiger partial charge in [-0.25, -0.2) is 4.79 Å². The molecular weight excluding hydrogens is 278 g/mol. The largest absolute Gasteiger partial charge is 0.506 e. The summed E-state index contributed by atoms with van der Waals surface area (Å²) in [6.07, 6.45) is 1.77. The lowest BCUT2D eigenvalue weighted by Crippen LogP contribution is -2.04. The molecule has 2 aromatic carbocycles. The summed E-state index contributed by atoms with van der Waals surface area (Å²) in [6, 6.07) is 10.8. The molecule has 0 amide bonds. The Bertz CT molecular complexity index is 658. The maximum atomic E-state index is 11.6. The van der Waals surface area contributed by atoms with Gasteiger partial charge in [-0.2, -0.15) is 0 Å². The van der Waals surface area contributed by atoms with Crippen LogP contribution in [0.1, 0.15) is 35.3 Å². The molecule has 0 saturated carbocycles. The Morgan fingerprint density at radius 3 is 2.32 bits per heavy atom. The lowest BCUT2D eigenvalue weighted by atomic mass is 10.0. The van der Waals surface area contributed by atoms with Gasteiger partial charge in [0.1, 0.15) is 5.75 Å². The molecule has 0 radical (unpaired) electrons. The number of aromatic hydroxyl groups is 1. The van der Waals surface area contributed by atoms with Gasteiger partial charge < -0.3 is 15.2 Å². The summed E-state index contributed by atoms with van der Waals surface area (Å²) < 4.78 is 4.72. The summed E-state index contributed by atoms with van der Waals surface area (Å²) in [7, 11) is 1.34. The first-order valence-electron chi connectivity index (χ1n) is 7.39. The number of phenols is 1. The van der Waals surface area contributed by atoms with Gasteiger partial charge in [-0.15, -0.1) is 0 Å². The topological polar surface area (TPSA) is 58.6 Å². The molecule has 4 heteroatoms. The van der Waals surface area contributed by atoms with Crippen LogP contribution in [0.3, 0.4) is 0 Å². The molecule has 0 fully saturated rings. The Balaban J connectivity index is 2.45. The predicted octanol–water partition coefficient (Wildman–Crippen LogP) is 4.05. The monoisotopic (exact) mass is 299 g/mol. The van der Waals surface area contributed by atoms with E-state index in [1.807, 2.05) is 6.07 Å². The fourth-order valence-electron chi connectivity index (χ4n) is 2.42. The molecule has 0 aromatic heterocycles. The van der Waals surface area contributed by atoms with Crippen LogP contribution in [0, 0.1) is 0 Å². The average Bonchev–Trinajstić information content (AvgIpc) is 2.56. The van der Waals surface area contributed by atoms with Crippen LogP contribution in [-0.2, 0) is 17.6 Å². The third-order valence-electron chi connectivity index (χ3n) is 3.68. The number of aryl methyl sites for hydroxylation is 2. The van der Waals surface area contributed by atoms with E-state index in [-0.39, 0.29) is 5.75 Å². The normalized spacial score (nSPS) is 10.3. The summed E-state index contributed by atoms with van der Waals surface area (Å²) in [4.78, 5) is 11.6. The molecular formula is C18H21NO3. The molecule has 2 aromatic rings. The summed E-state index contributed by atoms with van der Waals surface area (Å²) in [6.45, 7) is 4.18. The number of methoxy groups -OCH3 is 1. The van der Waals surface area contributed by atoms with Gasteiger partial charge in [0.2, 0.25) is 0 Å². The van der Waals surface area contributed by atoms with E-state index in [1.54, 1.807) is 12.1 Å². The van der Waals surface area contributed by atoms with Gasteiger partial charge in [-0.3, -0.25) is 0 Å². The summed E-state index contributed by atoms with van der Waals surface area (Å²) in [5.41, 5.74) is 4.22. The van der Waals surface area contributed by atoms with Gasteiger partial charge in [-0.1, -0.05) is 32.0 Å². The van der Waals surface area contributed by atoms with Gasteiger partial charge in [-0.05, 0) is 42.2 Å². The molecule has 2 rings (SSSR count). The highest BCUT2D eigenvalue weighted by atomic mass is 16.5. The molecule has 0 saturated heterocycles. The fourth-order valence-corrected chi connectivity index (χ4v) is 2.42. The van der Waals surface area contributed by atoms with E-state index in [9.17, 15) is 9.90 Å². The molecule has 0 spiro atoms. The van der Waals surface area contributed by atoms with E-state index in [1.165, 1.54) is 24.3 Å². The fraction of sp³-hybridized carbons (Fsp3) is 0.278. The number of rotatable bonds is 5. The van der Waals surface area contributed by atoms with Crippen LogP contribution in [0.25, 0.3) is 0 Å². The highest BCUT2D eigenvalue weighted by Crippen LogP contribution is 2.32. The van der Waals surface area contributed by atoms with Crippen molar-refractivity contribution in [1.82, 2.24) is 0 Å². The maximum Gasteiger partial charge on any atom is 0.337 e. The van der Waals surface area contributed by atoms with Crippen LogP contribution in [0.4, 0.5) is 11.4 Å². The lowest BCUT2D eigenvalue weighted by Gasteiger charge is -2.16. The van der Waals surface area contributed by atoms with Crippen molar-refractivity contribution >= 4 is 17.3 Å². The van der Waals surface area contributed by atoms with Crippen molar-refractivity contribution in [3.05, 3.63) is 53.1 Å². The van der Waals surface area contributed by atoms with Crippen molar-refractivity contribution in [3.63, 3.8) is 0 Å². The molecule has 0 aliphatic carbocycles. The molecule has 0 bridgehead atoms. The zero-order valence-corrected chi connectivity index (χ0v) is 13.1. The van der Waals surface area contributed by atoms with E-state index >= 15 is 0 Å². The number of ether oxygens (including phenoxy) is 1. The van der Waals surface area contributed by atoms with Crippen molar-refractivity contribution in [1.29, 1.82) is 0 Å². The summed E-state index contributed by atoms with van der Waals surface area (Å²) in [5, 5.41) is 13.3. The third-order valence-corrected chi connectivity index (χ3v) is 3.68. The Hall–Kier alpha value is -2.49. The SMILES string of the molecule is CCc1cccc(CC)c1Nc1cc(C(=O)OC)ccc1O. The van der Waals surface area contributed by atoms with Gasteiger partial charge in [0.15, 0.2) is 0 Å². The molecule has 2 N–H and O–H groups in total. The van der Waals surface area contributed by atoms with Gasteiger partial charge in [0.05, 0.1) is 18.4 Å². The Kier molecular flexibility index (Phi) is 5.04. The molecule has 116 valence electrons. The van der Waals surface area contributed by atoms with Gasteiger partial charge >= 0.3 is 5.97 Å². The second kappa shape index (κ2) is 6.98. The Morgan fingerprint density at radius 2 is 1.77 bits per heavy atom. The van der Waals surface area contributed by atoms with E-state index in [0.717, 1.165) is 18.5 Å². The van der Waals surface area contributed by atoms with Crippen molar-refractivity contribution in [2.24, 2.45) is 0 Å². The number of carbonyl (C=O) groups is 1. The molecule has 4 nitrogen and oxygen atoms in total. The smallest absolute Gasteiger partial charge is 0.337 e. The number of nitrogens with one attached hydrogen (secondary N) is 1. The second-order valence-corrected chi connectivity index (χ2v) is 5.01. The quantitative estimate of drug-likeness (QED) is 0.646. The minimum absolute atomic E-state index is 0.0978. The number of benzene rings is 2. The first-order valence-corrected chi connectivity index (χ1v) is 7.39. The number of esters is 1. The molecule has 0 heterocycles. The van der Waals surface area contributed by atoms with Crippen LogP contribution in [0.15, 0.2) is 36.4 Å². The Labute approximate surface area is 130 Å². The highest BCUT2D eigenvalue weighted by molar-refractivity contribution is 5.91. The van der Waals surface area contributed by atoms with Gasteiger partial charge in [0, 0.05) is 5.69 Å². The first-order chi connectivity index (χ1) is 10.6. The standard InChI is InChI=1S/C18H21NO3/c1-4-12-7-6-8-13(5-2)17(12)19-15-11-14(18(21)22-3)9-10-16(15)20/h6-11,19-20H,4-5H2,1-3H3. The van der Waals surface area contributed by atoms with Crippen molar-refractivity contribution in [2.75, 3.05) is 12.4 Å². The lowest BCUT2D eigenvalue weighted by molar-refractivity contribution is 0.0601. The minimum atomic E-state index is -0.428.